The van der Waals surface area contributed by atoms with Crippen molar-refractivity contribution < 1.29 is 0 Å². The zero-order chi connectivity index (χ0) is 11.5. The Bertz CT molecular complexity index is 209. The van der Waals surface area contributed by atoms with Crippen LogP contribution in [0.3, 0.4) is 0 Å². The first-order valence-corrected chi connectivity index (χ1v) is 6.86. The van der Waals surface area contributed by atoms with Gasteiger partial charge in [0.2, 0.25) is 0 Å². The number of hydrogen-bond acceptors (Lipinski definition) is 2. The predicted octanol–water partition coefficient (Wildman–Crippen LogP) is 3.98. The van der Waals surface area contributed by atoms with Crippen LogP contribution in [-0.4, -0.2) is 24.2 Å². The Morgan fingerprint density at radius 1 is 1.00 bits per heavy atom. The zero-order valence-corrected chi connectivity index (χ0v) is 10.7. The van der Waals surface area contributed by atoms with Crippen LogP contribution < -0.4 is 0 Å². The molecule has 0 saturated carbocycles. The second kappa shape index (κ2) is 9.44. The Kier molecular flexibility index (Phi) is 7.83. The van der Waals surface area contributed by atoms with Crippen LogP contribution in [0.1, 0.15) is 58.3 Å². The molecule has 2 heteroatoms. The van der Waals surface area contributed by atoms with E-state index >= 15 is 0 Å². The Balaban J connectivity index is 1.81. The molecule has 0 aliphatic carbocycles. The van der Waals surface area contributed by atoms with E-state index < -0.39 is 0 Å². The maximum Gasteiger partial charge on any atom is 0.0527 e. The summed E-state index contributed by atoms with van der Waals surface area (Å²) in [6.07, 6.45) is 17.1. The lowest BCUT2D eigenvalue weighted by molar-refractivity contribution is 0.403. The molecule has 0 atom stereocenters. The van der Waals surface area contributed by atoms with Crippen LogP contribution in [0.15, 0.2) is 17.4 Å². The monoisotopic (exact) mass is 222 g/mol. The lowest BCUT2D eigenvalue weighted by Crippen LogP contribution is -2.22. The molecule has 0 saturated heterocycles. The molecule has 0 radical (unpaired) electrons. The molecule has 1 rings (SSSR count). The minimum Gasteiger partial charge on any atom is -0.371 e. The molecule has 0 amide bonds. The number of aliphatic imine (C=N–C) groups is 1. The smallest absolute Gasteiger partial charge is 0.0527 e. The van der Waals surface area contributed by atoms with Crippen LogP contribution in [0.5, 0.6) is 0 Å². The lowest BCUT2D eigenvalue weighted by atomic mass is 10.1. The molecule has 0 bridgehead atoms. The average molecular weight is 222 g/mol. The van der Waals surface area contributed by atoms with Crippen molar-refractivity contribution in [3.05, 3.63) is 12.4 Å². The molecular weight excluding hydrogens is 196 g/mol. The fourth-order valence-corrected chi connectivity index (χ4v) is 2.02. The quantitative estimate of drug-likeness (QED) is 0.539. The minimum atomic E-state index is 0.993. The summed E-state index contributed by atoms with van der Waals surface area (Å²) in [6.45, 7) is 4.46. The van der Waals surface area contributed by atoms with Gasteiger partial charge in [-0.15, -0.1) is 0 Å². The van der Waals surface area contributed by atoms with Crippen LogP contribution in [-0.2, 0) is 0 Å². The predicted molar refractivity (Wildman–Crippen MR) is 71.8 cm³/mol. The molecule has 2 nitrogen and oxygen atoms in total. The first-order valence-electron chi connectivity index (χ1n) is 6.86. The molecule has 0 aromatic carbocycles. The highest BCUT2D eigenvalue weighted by Crippen LogP contribution is 2.09. The van der Waals surface area contributed by atoms with Crippen molar-refractivity contribution in [2.45, 2.75) is 58.3 Å². The van der Waals surface area contributed by atoms with Crippen molar-refractivity contribution in [3.8, 4) is 0 Å². The van der Waals surface area contributed by atoms with Gasteiger partial charge < -0.3 is 4.90 Å². The largest absolute Gasteiger partial charge is 0.371 e. The molecule has 1 aliphatic heterocycles. The van der Waals surface area contributed by atoms with E-state index in [9.17, 15) is 0 Å². The topological polar surface area (TPSA) is 15.6 Å². The van der Waals surface area contributed by atoms with Crippen molar-refractivity contribution in [2.24, 2.45) is 4.99 Å². The Labute approximate surface area is 100 Å². The summed E-state index contributed by atoms with van der Waals surface area (Å²) in [5.41, 5.74) is 0. The summed E-state index contributed by atoms with van der Waals surface area (Å²) in [5.74, 6) is 0. The fourth-order valence-electron chi connectivity index (χ4n) is 2.02. The van der Waals surface area contributed by atoms with Crippen molar-refractivity contribution in [1.29, 1.82) is 0 Å². The molecule has 0 fully saturated rings. The standard InChI is InChI=1S/C14H26N2/c1-2-3-4-5-6-7-8-9-12-16-13-10-15-11-14-16/h10-11,13H,2-9,12,14H2,1H3. The second-order valence-electron chi connectivity index (χ2n) is 4.60. The van der Waals surface area contributed by atoms with Gasteiger partial charge in [0, 0.05) is 25.2 Å². The molecule has 92 valence electrons. The summed E-state index contributed by atoms with van der Waals surface area (Å²) in [4.78, 5) is 6.40. The highest BCUT2D eigenvalue weighted by Gasteiger charge is 1.99. The first kappa shape index (κ1) is 13.3. The second-order valence-corrected chi connectivity index (χ2v) is 4.60. The third-order valence-electron chi connectivity index (χ3n) is 3.08. The van der Waals surface area contributed by atoms with Crippen LogP contribution >= 0.6 is 0 Å². The van der Waals surface area contributed by atoms with E-state index in [1.807, 2.05) is 12.4 Å². The number of nitrogens with zero attached hydrogens (tertiary/aromatic N) is 2. The van der Waals surface area contributed by atoms with Gasteiger partial charge in [0.1, 0.15) is 0 Å². The summed E-state index contributed by atoms with van der Waals surface area (Å²) >= 11 is 0. The molecule has 0 aromatic heterocycles. The van der Waals surface area contributed by atoms with Gasteiger partial charge in [0.15, 0.2) is 0 Å². The van der Waals surface area contributed by atoms with E-state index in [0.717, 1.165) is 6.54 Å². The summed E-state index contributed by atoms with van der Waals surface area (Å²) in [7, 11) is 0. The van der Waals surface area contributed by atoms with Crippen LogP contribution in [0, 0.1) is 0 Å². The van der Waals surface area contributed by atoms with E-state index in [1.54, 1.807) is 0 Å². The van der Waals surface area contributed by atoms with E-state index in [-0.39, 0.29) is 0 Å². The van der Waals surface area contributed by atoms with Gasteiger partial charge >= 0.3 is 0 Å². The van der Waals surface area contributed by atoms with Gasteiger partial charge in [-0.2, -0.15) is 0 Å². The number of unbranched alkanes of at least 4 members (excludes halogenated alkanes) is 7. The average Bonchev–Trinajstić information content (AvgIpc) is 2.34. The normalized spacial score (nSPS) is 14.7. The fraction of sp³-hybridized carbons (Fsp3) is 0.786. The third kappa shape index (κ3) is 6.65. The zero-order valence-electron chi connectivity index (χ0n) is 10.7. The number of rotatable bonds is 9. The minimum absolute atomic E-state index is 0.993. The Morgan fingerprint density at radius 3 is 2.31 bits per heavy atom. The van der Waals surface area contributed by atoms with Crippen molar-refractivity contribution in [3.63, 3.8) is 0 Å². The summed E-state index contributed by atoms with van der Waals surface area (Å²) in [6, 6.07) is 0. The lowest BCUT2D eigenvalue weighted by Gasteiger charge is -2.19. The van der Waals surface area contributed by atoms with Gasteiger partial charge in [-0.25, -0.2) is 0 Å². The molecule has 0 unspecified atom stereocenters. The maximum atomic E-state index is 4.07. The summed E-state index contributed by atoms with van der Waals surface area (Å²) in [5, 5.41) is 0. The molecule has 0 aromatic rings. The van der Waals surface area contributed by atoms with Crippen molar-refractivity contribution >= 4 is 6.21 Å². The molecule has 1 heterocycles. The molecule has 0 N–H and O–H groups in total. The first-order chi connectivity index (χ1) is 7.93. The molecule has 16 heavy (non-hydrogen) atoms. The van der Waals surface area contributed by atoms with E-state index in [2.05, 4.69) is 23.0 Å². The van der Waals surface area contributed by atoms with Gasteiger partial charge in [0.25, 0.3) is 0 Å². The van der Waals surface area contributed by atoms with Crippen molar-refractivity contribution in [1.82, 2.24) is 4.90 Å². The molecular formula is C14H26N2. The van der Waals surface area contributed by atoms with Crippen molar-refractivity contribution in [2.75, 3.05) is 13.1 Å². The van der Waals surface area contributed by atoms with E-state index in [1.165, 1.54) is 57.9 Å². The van der Waals surface area contributed by atoms with Crippen LogP contribution in [0.2, 0.25) is 0 Å². The Hall–Kier alpha value is -0.790. The third-order valence-corrected chi connectivity index (χ3v) is 3.08. The van der Waals surface area contributed by atoms with E-state index in [4.69, 9.17) is 0 Å². The van der Waals surface area contributed by atoms with Gasteiger partial charge in [-0.1, -0.05) is 51.9 Å². The van der Waals surface area contributed by atoms with E-state index in [0.29, 0.717) is 0 Å². The van der Waals surface area contributed by atoms with Gasteiger partial charge in [0.05, 0.1) is 6.54 Å². The SMILES string of the molecule is CCCCCCCCCCN1C=CN=CC1. The van der Waals surface area contributed by atoms with Gasteiger partial charge in [-0.3, -0.25) is 4.99 Å². The highest BCUT2D eigenvalue weighted by molar-refractivity contribution is 5.61. The Morgan fingerprint density at radius 2 is 1.69 bits per heavy atom. The highest BCUT2D eigenvalue weighted by atomic mass is 15.1. The maximum absolute atomic E-state index is 4.07. The van der Waals surface area contributed by atoms with Crippen LogP contribution in [0.4, 0.5) is 0 Å². The number of hydrogen-bond donors (Lipinski definition) is 0. The molecule has 0 spiro atoms. The van der Waals surface area contributed by atoms with Gasteiger partial charge in [-0.05, 0) is 6.42 Å². The molecule has 1 aliphatic rings. The summed E-state index contributed by atoms with van der Waals surface area (Å²) < 4.78 is 0. The van der Waals surface area contributed by atoms with Crippen LogP contribution in [0.25, 0.3) is 0 Å².